The molecule has 0 aliphatic carbocycles. The molecule has 2 aliphatic rings. The van der Waals surface area contributed by atoms with Crippen molar-refractivity contribution in [3.63, 3.8) is 0 Å². The predicted molar refractivity (Wildman–Crippen MR) is 113 cm³/mol. The van der Waals surface area contributed by atoms with E-state index in [9.17, 15) is 4.79 Å². The van der Waals surface area contributed by atoms with Crippen LogP contribution < -0.4 is 10.6 Å². The standard InChI is InChI=1S/C23H24N2OS/c1-15-21(27-22(24-15)16-9-5-4-6-10-16)20(26)13-19-18-12-8-7-11-17(18)14-23(2,3)25-19/h4-13,22,24-25H,14H2,1-3H3/b19-13-. The number of carbonyl (C=O) groups excluding carboxylic acids is 1. The molecule has 0 saturated carbocycles. The number of hydrogen-bond acceptors (Lipinski definition) is 4. The highest BCUT2D eigenvalue weighted by Gasteiger charge is 2.30. The first-order chi connectivity index (χ1) is 12.9. The normalized spacial score (nSPS) is 22.2. The second-order valence-corrected chi connectivity index (χ2v) is 8.89. The molecule has 2 N–H and O–H groups in total. The van der Waals surface area contributed by atoms with Crippen LogP contribution >= 0.6 is 11.8 Å². The monoisotopic (exact) mass is 376 g/mol. The molecule has 0 saturated heterocycles. The van der Waals surface area contributed by atoms with Gasteiger partial charge >= 0.3 is 0 Å². The number of allylic oxidation sites excluding steroid dienone is 3. The summed E-state index contributed by atoms with van der Waals surface area (Å²) in [4.78, 5) is 13.9. The summed E-state index contributed by atoms with van der Waals surface area (Å²) in [6.07, 6.45) is 2.71. The van der Waals surface area contributed by atoms with Gasteiger partial charge in [0.25, 0.3) is 0 Å². The highest BCUT2D eigenvalue weighted by atomic mass is 32.2. The number of carbonyl (C=O) groups is 1. The van der Waals surface area contributed by atoms with E-state index in [-0.39, 0.29) is 16.7 Å². The number of fused-ring (bicyclic) bond motifs is 1. The molecule has 2 aliphatic heterocycles. The third-order valence-corrected chi connectivity index (χ3v) is 6.31. The van der Waals surface area contributed by atoms with Crippen LogP contribution in [0.25, 0.3) is 5.70 Å². The van der Waals surface area contributed by atoms with Crippen molar-refractivity contribution < 1.29 is 4.79 Å². The lowest BCUT2D eigenvalue weighted by Gasteiger charge is -2.35. The molecule has 0 fully saturated rings. The minimum absolute atomic E-state index is 0.0541. The van der Waals surface area contributed by atoms with Crippen LogP contribution in [0.5, 0.6) is 0 Å². The molecule has 1 atom stereocenters. The molecule has 2 aromatic carbocycles. The molecular formula is C23H24N2OS. The third kappa shape index (κ3) is 3.67. The lowest BCUT2D eigenvalue weighted by Crippen LogP contribution is -2.43. The second-order valence-electron chi connectivity index (χ2n) is 7.77. The van der Waals surface area contributed by atoms with Crippen LogP contribution in [-0.2, 0) is 11.2 Å². The van der Waals surface area contributed by atoms with Crippen molar-refractivity contribution in [2.75, 3.05) is 0 Å². The Kier molecular flexibility index (Phi) is 4.60. The average Bonchev–Trinajstić information content (AvgIpc) is 3.03. The SMILES string of the molecule is CC1=C(C(=O)/C=C2\NC(C)(C)Cc3ccccc32)SC(c2ccccc2)N1. The average molecular weight is 377 g/mol. The number of benzene rings is 2. The molecule has 0 amide bonds. The van der Waals surface area contributed by atoms with Crippen LogP contribution in [-0.4, -0.2) is 11.3 Å². The first kappa shape index (κ1) is 17.9. The van der Waals surface area contributed by atoms with E-state index in [4.69, 9.17) is 0 Å². The molecule has 138 valence electrons. The summed E-state index contributed by atoms with van der Waals surface area (Å²) in [5, 5.41) is 7.08. The van der Waals surface area contributed by atoms with Crippen LogP contribution in [0.2, 0.25) is 0 Å². The number of hydrogen-bond donors (Lipinski definition) is 2. The summed E-state index contributed by atoms with van der Waals surface area (Å²) in [5.41, 5.74) is 5.37. The van der Waals surface area contributed by atoms with E-state index in [0.717, 1.165) is 28.3 Å². The van der Waals surface area contributed by atoms with Crippen molar-refractivity contribution in [3.8, 4) is 0 Å². The van der Waals surface area contributed by atoms with Crippen LogP contribution in [0.4, 0.5) is 0 Å². The van der Waals surface area contributed by atoms with Crippen molar-refractivity contribution in [3.05, 3.63) is 88.0 Å². The maximum absolute atomic E-state index is 13.1. The van der Waals surface area contributed by atoms with Crippen molar-refractivity contribution in [2.45, 2.75) is 38.1 Å². The number of thioether (sulfide) groups is 1. The molecule has 27 heavy (non-hydrogen) atoms. The van der Waals surface area contributed by atoms with E-state index < -0.39 is 0 Å². The van der Waals surface area contributed by atoms with Gasteiger partial charge in [0.15, 0.2) is 5.78 Å². The first-order valence-corrected chi connectivity index (χ1v) is 10.1. The molecule has 0 spiro atoms. The molecule has 2 aromatic rings. The van der Waals surface area contributed by atoms with Gasteiger partial charge in [0, 0.05) is 28.6 Å². The van der Waals surface area contributed by atoms with Crippen LogP contribution in [0, 0.1) is 0 Å². The van der Waals surface area contributed by atoms with Gasteiger partial charge in [0.05, 0.1) is 4.91 Å². The summed E-state index contributed by atoms with van der Waals surface area (Å²) in [5.74, 6) is 0.0541. The zero-order valence-electron chi connectivity index (χ0n) is 15.9. The fourth-order valence-corrected chi connectivity index (χ4v) is 4.90. The van der Waals surface area contributed by atoms with Gasteiger partial charge in [-0.2, -0.15) is 0 Å². The molecule has 4 rings (SSSR count). The van der Waals surface area contributed by atoms with Crippen molar-refractivity contribution in [2.24, 2.45) is 0 Å². The predicted octanol–water partition coefficient (Wildman–Crippen LogP) is 4.79. The number of nitrogens with one attached hydrogen (secondary N) is 2. The fourth-order valence-electron chi connectivity index (χ4n) is 3.72. The molecule has 0 aromatic heterocycles. The van der Waals surface area contributed by atoms with E-state index in [0.29, 0.717) is 0 Å². The smallest absolute Gasteiger partial charge is 0.196 e. The minimum Gasteiger partial charge on any atom is -0.379 e. The third-order valence-electron chi connectivity index (χ3n) is 4.94. The highest BCUT2D eigenvalue weighted by molar-refractivity contribution is 8.04. The van der Waals surface area contributed by atoms with Crippen LogP contribution in [0.1, 0.15) is 42.8 Å². The van der Waals surface area contributed by atoms with Gasteiger partial charge in [-0.05, 0) is 38.3 Å². The Balaban J connectivity index is 1.61. The zero-order chi connectivity index (χ0) is 19.0. The summed E-state index contributed by atoms with van der Waals surface area (Å²) >= 11 is 1.60. The molecule has 2 heterocycles. The molecule has 3 nitrogen and oxygen atoms in total. The molecule has 0 radical (unpaired) electrons. The van der Waals surface area contributed by atoms with Crippen molar-refractivity contribution >= 4 is 23.2 Å². The summed E-state index contributed by atoms with van der Waals surface area (Å²) in [7, 11) is 0. The zero-order valence-corrected chi connectivity index (χ0v) is 16.7. The van der Waals surface area contributed by atoms with Crippen LogP contribution in [0.3, 0.4) is 0 Å². The van der Waals surface area contributed by atoms with E-state index in [1.807, 2.05) is 31.2 Å². The Morgan fingerprint density at radius 3 is 2.59 bits per heavy atom. The van der Waals surface area contributed by atoms with Gasteiger partial charge in [-0.15, -0.1) is 0 Å². The van der Waals surface area contributed by atoms with Crippen molar-refractivity contribution in [1.82, 2.24) is 10.6 Å². The largest absolute Gasteiger partial charge is 0.379 e. The van der Waals surface area contributed by atoms with Crippen LogP contribution in [0.15, 0.2) is 71.3 Å². The minimum atomic E-state index is -0.0719. The van der Waals surface area contributed by atoms with Gasteiger partial charge in [-0.25, -0.2) is 0 Å². The highest BCUT2D eigenvalue weighted by Crippen LogP contribution is 2.41. The Bertz CT molecular complexity index is 944. The summed E-state index contributed by atoms with van der Waals surface area (Å²) in [6.45, 7) is 6.32. The molecule has 1 unspecified atom stereocenters. The quantitative estimate of drug-likeness (QED) is 0.756. The van der Waals surface area contributed by atoms with E-state index in [2.05, 4.69) is 54.8 Å². The number of rotatable bonds is 3. The summed E-state index contributed by atoms with van der Waals surface area (Å²) < 4.78 is 0. The van der Waals surface area contributed by atoms with E-state index in [1.54, 1.807) is 17.8 Å². The molecule has 4 heteroatoms. The maximum atomic E-state index is 13.1. The fraction of sp³-hybridized carbons (Fsp3) is 0.261. The summed E-state index contributed by atoms with van der Waals surface area (Å²) in [6, 6.07) is 18.6. The van der Waals surface area contributed by atoms with E-state index >= 15 is 0 Å². The lowest BCUT2D eigenvalue weighted by atomic mass is 9.85. The molecular weight excluding hydrogens is 352 g/mol. The van der Waals surface area contributed by atoms with Gasteiger partial charge in [0.1, 0.15) is 5.37 Å². The van der Waals surface area contributed by atoms with E-state index in [1.165, 1.54) is 11.1 Å². The van der Waals surface area contributed by atoms with Gasteiger partial charge in [0.2, 0.25) is 0 Å². The Labute approximate surface area is 164 Å². The first-order valence-electron chi connectivity index (χ1n) is 9.24. The van der Waals surface area contributed by atoms with Gasteiger partial charge < -0.3 is 10.6 Å². The second kappa shape index (κ2) is 6.93. The Hall–Kier alpha value is -2.46. The molecule has 0 bridgehead atoms. The van der Waals surface area contributed by atoms with Crippen molar-refractivity contribution in [1.29, 1.82) is 0 Å². The number of ketones is 1. The Morgan fingerprint density at radius 1 is 1.11 bits per heavy atom. The lowest BCUT2D eigenvalue weighted by molar-refractivity contribution is -0.110. The van der Waals surface area contributed by atoms with Gasteiger partial charge in [-0.1, -0.05) is 66.4 Å². The Morgan fingerprint density at radius 2 is 1.81 bits per heavy atom. The topological polar surface area (TPSA) is 41.1 Å². The van der Waals surface area contributed by atoms with Gasteiger partial charge in [-0.3, -0.25) is 4.79 Å². The maximum Gasteiger partial charge on any atom is 0.196 e.